The first kappa shape index (κ1) is 20.6. The van der Waals surface area contributed by atoms with E-state index >= 15 is 0 Å². The summed E-state index contributed by atoms with van der Waals surface area (Å²) in [6.07, 6.45) is 2.05. The van der Waals surface area contributed by atoms with Crippen LogP contribution in [0.4, 0.5) is 5.69 Å². The van der Waals surface area contributed by atoms with Gasteiger partial charge in [-0.15, -0.1) is 0 Å². The highest BCUT2D eigenvalue weighted by atomic mass is 32.1. The van der Waals surface area contributed by atoms with Crippen LogP contribution in [0.25, 0.3) is 10.1 Å². The summed E-state index contributed by atoms with van der Waals surface area (Å²) < 4.78 is 10.9. The molecule has 1 N–H and O–H groups in total. The molecule has 1 amide bonds. The summed E-state index contributed by atoms with van der Waals surface area (Å²) in [7, 11) is 1.73. The molecule has 0 aliphatic carbocycles. The predicted molar refractivity (Wildman–Crippen MR) is 123 cm³/mol. The number of fused-ring (bicyclic) bond motifs is 1. The smallest absolute Gasteiger partial charge is 0.271 e. The van der Waals surface area contributed by atoms with Crippen LogP contribution in [0.15, 0.2) is 48.5 Å². The molecule has 4 rings (SSSR count). The molecule has 0 unspecified atom stereocenters. The van der Waals surface area contributed by atoms with Gasteiger partial charge in [0, 0.05) is 38.1 Å². The fourth-order valence-corrected chi connectivity index (χ4v) is 4.67. The number of rotatable bonds is 8. The minimum Gasteiger partial charge on any atom is -0.495 e. The van der Waals surface area contributed by atoms with Crippen molar-refractivity contribution < 1.29 is 9.53 Å². The topological polar surface area (TPSA) is 57.7 Å². The lowest BCUT2D eigenvalue weighted by molar-refractivity contribution is 0.0950. The molecule has 158 valence electrons. The summed E-state index contributed by atoms with van der Waals surface area (Å²) in [5.74, 6) is 0.868. The van der Waals surface area contributed by atoms with Gasteiger partial charge in [0.05, 0.1) is 17.5 Å². The van der Waals surface area contributed by atoms with Crippen molar-refractivity contribution in [1.29, 1.82) is 0 Å². The second kappa shape index (κ2) is 9.91. The Morgan fingerprint density at radius 2 is 1.83 bits per heavy atom. The van der Waals surface area contributed by atoms with Gasteiger partial charge in [0.2, 0.25) is 0 Å². The Kier molecular flexibility index (Phi) is 6.81. The van der Waals surface area contributed by atoms with E-state index in [4.69, 9.17) is 4.74 Å². The second-order valence-corrected chi connectivity index (χ2v) is 8.30. The molecule has 2 aromatic carbocycles. The maximum Gasteiger partial charge on any atom is 0.271 e. The van der Waals surface area contributed by atoms with Gasteiger partial charge >= 0.3 is 0 Å². The van der Waals surface area contributed by atoms with Crippen LogP contribution < -0.4 is 15.0 Å². The maximum absolute atomic E-state index is 12.4. The fraction of sp³-hybridized carbons (Fsp3) is 0.391. The molecular weight excluding hydrogens is 396 g/mol. The summed E-state index contributed by atoms with van der Waals surface area (Å²) in [6, 6.07) is 16.1. The molecule has 1 aliphatic rings. The molecule has 0 saturated carbocycles. The number of para-hydroxylation sites is 2. The molecule has 6 nitrogen and oxygen atoms in total. The van der Waals surface area contributed by atoms with Crippen molar-refractivity contribution in [3.05, 3.63) is 54.2 Å². The van der Waals surface area contributed by atoms with Crippen molar-refractivity contribution in [2.24, 2.45) is 0 Å². The molecule has 0 bridgehead atoms. The lowest BCUT2D eigenvalue weighted by Crippen LogP contribution is -2.46. The number of unbranched alkanes of at least 4 members (excludes halogenated alkanes) is 1. The van der Waals surface area contributed by atoms with E-state index in [1.807, 2.05) is 36.4 Å². The Bertz CT molecular complexity index is 982. The van der Waals surface area contributed by atoms with Crippen molar-refractivity contribution in [3.63, 3.8) is 0 Å². The molecule has 1 fully saturated rings. The van der Waals surface area contributed by atoms with Crippen molar-refractivity contribution in [2.45, 2.75) is 12.8 Å². The maximum atomic E-state index is 12.4. The number of anilines is 1. The van der Waals surface area contributed by atoms with Crippen molar-refractivity contribution >= 4 is 33.2 Å². The molecule has 3 aromatic rings. The molecule has 2 heterocycles. The number of hydrogen-bond acceptors (Lipinski definition) is 6. The van der Waals surface area contributed by atoms with Crippen molar-refractivity contribution in [2.75, 3.05) is 51.3 Å². The number of piperazine rings is 1. The Labute approximate surface area is 181 Å². The number of carbonyl (C=O) groups excluding carboxylic acids is 1. The van der Waals surface area contributed by atoms with Crippen molar-refractivity contribution in [1.82, 2.24) is 14.6 Å². The minimum absolute atomic E-state index is 0.0714. The number of nitrogens with zero attached hydrogens (tertiary/aromatic N) is 3. The molecule has 0 radical (unpaired) electrons. The van der Waals surface area contributed by atoms with E-state index in [0.717, 1.165) is 61.4 Å². The summed E-state index contributed by atoms with van der Waals surface area (Å²) >= 11 is 1.38. The van der Waals surface area contributed by atoms with E-state index in [1.165, 1.54) is 17.2 Å². The lowest BCUT2D eigenvalue weighted by Gasteiger charge is -2.36. The molecule has 0 atom stereocenters. The van der Waals surface area contributed by atoms with Gasteiger partial charge in [-0.25, -0.2) is 0 Å². The van der Waals surface area contributed by atoms with Crippen LogP contribution in [0.5, 0.6) is 5.75 Å². The largest absolute Gasteiger partial charge is 0.495 e. The van der Waals surface area contributed by atoms with Gasteiger partial charge in [-0.2, -0.15) is 4.37 Å². The van der Waals surface area contributed by atoms with Gasteiger partial charge < -0.3 is 15.0 Å². The first-order valence-corrected chi connectivity index (χ1v) is 11.3. The highest BCUT2D eigenvalue weighted by Gasteiger charge is 2.19. The summed E-state index contributed by atoms with van der Waals surface area (Å²) in [4.78, 5) is 17.3. The number of aromatic nitrogens is 1. The normalized spacial score (nSPS) is 14.8. The standard InChI is InChI=1S/C23H28N4O2S/c1-29-20-10-4-3-9-19(20)27-16-14-26(15-17-27)13-7-6-12-24-23(28)22-18-8-2-5-11-21(18)30-25-22/h2-5,8-11H,6-7,12-17H2,1H3,(H,24,28). The Morgan fingerprint density at radius 1 is 1.07 bits per heavy atom. The zero-order valence-electron chi connectivity index (χ0n) is 17.3. The number of benzene rings is 2. The van der Waals surface area contributed by atoms with Gasteiger partial charge in [-0.1, -0.05) is 30.3 Å². The SMILES string of the molecule is COc1ccccc1N1CCN(CCCCNC(=O)c2nsc3ccccc23)CC1. The van der Waals surface area contributed by atoms with E-state index < -0.39 is 0 Å². The zero-order valence-corrected chi connectivity index (χ0v) is 18.2. The van der Waals surface area contributed by atoms with Gasteiger partial charge in [-0.3, -0.25) is 9.69 Å². The number of nitrogens with one attached hydrogen (secondary N) is 1. The monoisotopic (exact) mass is 424 g/mol. The lowest BCUT2D eigenvalue weighted by atomic mass is 10.2. The summed E-state index contributed by atoms with van der Waals surface area (Å²) in [5, 5.41) is 3.96. The average Bonchev–Trinajstić information content (AvgIpc) is 3.23. The van der Waals surface area contributed by atoms with E-state index in [2.05, 4.69) is 31.6 Å². The van der Waals surface area contributed by atoms with E-state index in [-0.39, 0.29) is 5.91 Å². The van der Waals surface area contributed by atoms with E-state index in [1.54, 1.807) is 7.11 Å². The second-order valence-electron chi connectivity index (χ2n) is 7.49. The molecule has 1 aromatic heterocycles. The van der Waals surface area contributed by atoms with Crippen molar-refractivity contribution in [3.8, 4) is 5.75 Å². The molecule has 0 spiro atoms. The number of ether oxygens (including phenoxy) is 1. The van der Waals surface area contributed by atoms with Gasteiger partial charge in [0.25, 0.3) is 5.91 Å². The quantitative estimate of drug-likeness (QED) is 0.560. The third-order valence-electron chi connectivity index (χ3n) is 5.58. The Hall–Kier alpha value is -2.64. The number of amides is 1. The first-order chi connectivity index (χ1) is 14.8. The molecule has 1 aliphatic heterocycles. The summed E-state index contributed by atoms with van der Waals surface area (Å²) in [5.41, 5.74) is 1.72. The van der Waals surface area contributed by atoms with E-state index in [9.17, 15) is 4.79 Å². The molecule has 30 heavy (non-hydrogen) atoms. The van der Waals surface area contributed by atoms with E-state index in [0.29, 0.717) is 12.2 Å². The third-order valence-corrected chi connectivity index (χ3v) is 6.40. The first-order valence-electron chi connectivity index (χ1n) is 10.5. The van der Waals surface area contributed by atoms with Crippen LogP contribution in [-0.2, 0) is 0 Å². The minimum atomic E-state index is -0.0714. The Morgan fingerprint density at radius 3 is 2.67 bits per heavy atom. The average molecular weight is 425 g/mol. The van der Waals surface area contributed by atoms with Gasteiger partial charge in [-0.05, 0) is 49.1 Å². The van der Waals surface area contributed by atoms with Crippen LogP contribution in [0, 0.1) is 0 Å². The Balaban J connectivity index is 1.16. The predicted octanol–water partition coefficient (Wildman–Crippen LogP) is 3.64. The number of methoxy groups -OCH3 is 1. The van der Waals surface area contributed by atoms with Crippen LogP contribution in [-0.4, -0.2) is 61.6 Å². The van der Waals surface area contributed by atoms with Crippen LogP contribution in [0.3, 0.4) is 0 Å². The molecule has 7 heteroatoms. The molecular formula is C23H28N4O2S. The summed E-state index contributed by atoms with van der Waals surface area (Å²) in [6.45, 7) is 5.87. The highest BCUT2D eigenvalue weighted by molar-refractivity contribution is 7.13. The fourth-order valence-electron chi connectivity index (χ4n) is 3.90. The van der Waals surface area contributed by atoms with Crippen LogP contribution in [0.2, 0.25) is 0 Å². The highest BCUT2D eigenvalue weighted by Crippen LogP contribution is 2.28. The van der Waals surface area contributed by atoms with Gasteiger partial charge in [0.1, 0.15) is 11.4 Å². The van der Waals surface area contributed by atoms with Gasteiger partial charge in [0.15, 0.2) is 0 Å². The number of carbonyl (C=O) groups is 1. The zero-order chi connectivity index (χ0) is 20.8. The number of hydrogen-bond donors (Lipinski definition) is 1. The molecule has 1 saturated heterocycles. The van der Waals surface area contributed by atoms with Crippen LogP contribution in [0.1, 0.15) is 23.3 Å². The third kappa shape index (κ3) is 4.74. The van der Waals surface area contributed by atoms with Crippen LogP contribution >= 0.6 is 11.5 Å².